The topological polar surface area (TPSA) is 89.7 Å². The highest BCUT2D eigenvalue weighted by atomic mass is 32.2. The lowest BCUT2D eigenvalue weighted by atomic mass is 9.98. The van der Waals surface area contributed by atoms with Crippen molar-refractivity contribution in [3.63, 3.8) is 0 Å². The van der Waals surface area contributed by atoms with Gasteiger partial charge in [0.05, 0.1) is 22.1 Å². The predicted molar refractivity (Wildman–Crippen MR) is 108 cm³/mol. The Bertz CT molecular complexity index is 936. The molecule has 29 heavy (non-hydrogen) atoms. The minimum Gasteiger partial charge on any atom is -0.460 e. The number of aromatic nitrogens is 1. The van der Waals surface area contributed by atoms with Crippen LogP contribution in [0.5, 0.6) is 0 Å². The molecule has 0 spiro atoms. The van der Waals surface area contributed by atoms with Crippen LogP contribution in [0.2, 0.25) is 0 Å². The van der Waals surface area contributed by atoms with E-state index in [0.29, 0.717) is 48.2 Å². The minimum absolute atomic E-state index is 0.126. The number of hydrogen-bond acceptors (Lipinski definition) is 6. The molecule has 2 heterocycles. The van der Waals surface area contributed by atoms with E-state index in [1.54, 1.807) is 26.0 Å². The highest BCUT2D eigenvalue weighted by Crippen LogP contribution is 2.26. The molecule has 0 aliphatic carbocycles. The van der Waals surface area contributed by atoms with Crippen molar-refractivity contribution in [1.29, 1.82) is 0 Å². The smallest absolute Gasteiger partial charge is 0.309 e. The molecule has 1 aliphatic rings. The lowest BCUT2D eigenvalue weighted by molar-refractivity contribution is -0.151. The third-order valence-corrected chi connectivity index (χ3v) is 7.42. The molecule has 0 radical (unpaired) electrons. The van der Waals surface area contributed by atoms with Crippen LogP contribution >= 0.6 is 0 Å². The third kappa shape index (κ3) is 4.70. The summed E-state index contributed by atoms with van der Waals surface area (Å²) in [5.41, 5.74) is 2.59. The van der Waals surface area contributed by atoms with Gasteiger partial charge in [-0.2, -0.15) is 4.31 Å². The van der Waals surface area contributed by atoms with Crippen molar-refractivity contribution >= 4 is 16.0 Å². The van der Waals surface area contributed by atoms with E-state index in [4.69, 9.17) is 9.26 Å². The number of carbonyl (C=O) groups is 1. The molecule has 2 aromatic rings. The monoisotopic (exact) mass is 420 g/mol. The van der Waals surface area contributed by atoms with Gasteiger partial charge in [-0.25, -0.2) is 8.42 Å². The van der Waals surface area contributed by atoms with Gasteiger partial charge in [-0.15, -0.1) is 0 Å². The second-order valence-electron chi connectivity index (χ2n) is 7.81. The summed E-state index contributed by atoms with van der Waals surface area (Å²) >= 11 is 0. The summed E-state index contributed by atoms with van der Waals surface area (Å²) in [7, 11) is -3.55. The van der Waals surface area contributed by atoms with Crippen LogP contribution in [0.15, 0.2) is 33.7 Å². The number of carbonyl (C=O) groups excluding carboxylic acids is 1. The van der Waals surface area contributed by atoms with E-state index in [2.05, 4.69) is 19.0 Å². The van der Waals surface area contributed by atoms with Crippen molar-refractivity contribution in [2.45, 2.75) is 58.0 Å². The highest BCUT2D eigenvalue weighted by molar-refractivity contribution is 7.89. The molecule has 0 atom stereocenters. The van der Waals surface area contributed by atoms with Gasteiger partial charge in [0.2, 0.25) is 10.0 Å². The number of rotatable bonds is 6. The fraction of sp³-hybridized carbons (Fsp3) is 0.524. The number of piperidine rings is 1. The highest BCUT2D eigenvalue weighted by Gasteiger charge is 2.33. The Morgan fingerprint density at radius 2 is 1.83 bits per heavy atom. The molecule has 1 aliphatic heterocycles. The lowest BCUT2D eigenvalue weighted by Gasteiger charge is -2.30. The fourth-order valence-corrected chi connectivity index (χ4v) is 4.94. The van der Waals surface area contributed by atoms with Crippen LogP contribution in [0.3, 0.4) is 0 Å². The molecule has 0 amide bonds. The number of benzene rings is 1. The third-order valence-electron chi connectivity index (χ3n) is 5.51. The molecule has 0 N–H and O–H groups in total. The average Bonchev–Trinajstić information content (AvgIpc) is 3.03. The van der Waals surface area contributed by atoms with E-state index in [-0.39, 0.29) is 18.5 Å². The van der Waals surface area contributed by atoms with E-state index < -0.39 is 10.0 Å². The van der Waals surface area contributed by atoms with Gasteiger partial charge in [0.25, 0.3) is 0 Å². The zero-order valence-electron chi connectivity index (χ0n) is 17.3. The minimum atomic E-state index is -3.55. The van der Waals surface area contributed by atoms with Crippen molar-refractivity contribution in [2.75, 3.05) is 13.1 Å². The fourth-order valence-electron chi connectivity index (χ4n) is 3.47. The maximum absolute atomic E-state index is 12.9. The number of esters is 1. The molecule has 0 bridgehead atoms. The van der Waals surface area contributed by atoms with E-state index in [9.17, 15) is 13.2 Å². The van der Waals surface area contributed by atoms with Gasteiger partial charge in [-0.05, 0) is 50.3 Å². The molecule has 8 heteroatoms. The Labute approximate surface area is 172 Å². The first-order valence-corrected chi connectivity index (χ1v) is 11.3. The Kier molecular flexibility index (Phi) is 6.43. The van der Waals surface area contributed by atoms with Crippen LogP contribution in [0.25, 0.3) is 0 Å². The van der Waals surface area contributed by atoms with Gasteiger partial charge in [0.1, 0.15) is 12.4 Å². The second-order valence-corrected chi connectivity index (χ2v) is 9.75. The Morgan fingerprint density at radius 3 is 2.34 bits per heavy atom. The molecule has 3 rings (SSSR count). The van der Waals surface area contributed by atoms with E-state index in [0.717, 1.165) is 11.1 Å². The van der Waals surface area contributed by atoms with Crippen LogP contribution in [0, 0.1) is 19.8 Å². The Hall–Kier alpha value is -2.19. The maximum Gasteiger partial charge on any atom is 0.309 e. The maximum atomic E-state index is 12.9. The first-order chi connectivity index (χ1) is 13.7. The van der Waals surface area contributed by atoms with Gasteiger partial charge < -0.3 is 9.26 Å². The van der Waals surface area contributed by atoms with E-state index >= 15 is 0 Å². The first-order valence-electron chi connectivity index (χ1n) is 9.88. The summed E-state index contributed by atoms with van der Waals surface area (Å²) in [5, 5.41) is 3.85. The molecule has 1 aromatic heterocycles. The standard InChI is InChI=1S/C21H28N2O5S/c1-14(2)17-5-7-19(8-6-17)29(25,26)23-11-9-18(10-12-23)21(24)27-13-20-15(3)22-28-16(20)4/h5-8,14,18H,9-13H2,1-4H3. The summed E-state index contributed by atoms with van der Waals surface area (Å²) < 4.78 is 37.7. The summed E-state index contributed by atoms with van der Waals surface area (Å²) in [6.45, 7) is 8.45. The lowest BCUT2D eigenvalue weighted by Crippen LogP contribution is -2.40. The number of sulfonamides is 1. The largest absolute Gasteiger partial charge is 0.460 e. The summed E-state index contributed by atoms with van der Waals surface area (Å²) in [5.74, 6) is 0.382. The Morgan fingerprint density at radius 1 is 1.21 bits per heavy atom. The second kappa shape index (κ2) is 8.67. The molecular formula is C21H28N2O5S. The molecular weight excluding hydrogens is 392 g/mol. The molecule has 1 fully saturated rings. The summed E-state index contributed by atoms with van der Waals surface area (Å²) in [6.07, 6.45) is 0.896. The van der Waals surface area contributed by atoms with Crippen LogP contribution in [-0.2, 0) is 26.2 Å². The van der Waals surface area contributed by atoms with Gasteiger partial charge in [-0.3, -0.25) is 4.79 Å². The number of hydrogen-bond donors (Lipinski definition) is 0. The molecule has 0 saturated carbocycles. The SMILES string of the molecule is Cc1noc(C)c1COC(=O)C1CCN(S(=O)(=O)c2ccc(C(C)C)cc2)CC1. The summed E-state index contributed by atoms with van der Waals surface area (Å²) in [6, 6.07) is 7.04. The Balaban J connectivity index is 1.57. The number of ether oxygens (including phenoxy) is 1. The average molecular weight is 421 g/mol. The first kappa shape index (κ1) is 21.5. The van der Waals surface area contributed by atoms with E-state index in [1.807, 2.05) is 12.1 Å². The van der Waals surface area contributed by atoms with Crippen LogP contribution in [-0.4, -0.2) is 36.9 Å². The van der Waals surface area contributed by atoms with E-state index in [1.165, 1.54) is 4.31 Å². The summed E-state index contributed by atoms with van der Waals surface area (Å²) in [4.78, 5) is 12.7. The van der Waals surface area contributed by atoms with Crippen molar-refractivity contribution in [1.82, 2.24) is 9.46 Å². The quantitative estimate of drug-likeness (QED) is 0.664. The van der Waals surface area contributed by atoms with Gasteiger partial charge in [0.15, 0.2) is 0 Å². The van der Waals surface area contributed by atoms with Gasteiger partial charge in [0, 0.05) is 13.1 Å². The molecule has 1 saturated heterocycles. The van der Waals surface area contributed by atoms with Crippen LogP contribution in [0.1, 0.15) is 55.2 Å². The molecule has 0 unspecified atom stereocenters. The van der Waals surface area contributed by atoms with Crippen molar-refractivity contribution in [3.8, 4) is 0 Å². The zero-order valence-corrected chi connectivity index (χ0v) is 18.2. The van der Waals surface area contributed by atoms with Crippen molar-refractivity contribution in [3.05, 3.63) is 46.8 Å². The number of nitrogens with zero attached hydrogens (tertiary/aromatic N) is 2. The molecule has 1 aromatic carbocycles. The van der Waals surface area contributed by atoms with Crippen LogP contribution < -0.4 is 0 Å². The predicted octanol–water partition coefficient (Wildman–Crippen LogP) is 3.56. The number of aryl methyl sites for hydroxylation is 2. The molecule has 158 valence electrons. The molecule has 7 nitrogen and oxygen atoms in total. The van der Waals surface area contributed by atoms with Crippen molar-refractivity contribution in [2.24, 2.45) is 5.92 Å². The zero-order chi connectivity index (χ0) is 21.2. The van der Waals surface area contributed by atoms with Crippen LogP contribution in [0.4, 0.5) is 0 Å². The van der Waals surface area contributed by atoms with Gasteiger partial charge >= 0.3 is 5.97 Å². The van der Waals surface area contributed by atoms with Gasteiger partial charge in [-0.1, -0.05) is 31.1 Å². The van der Waals surface area contributed by atoms with Crippen molar-refractivity contribution < 1.29 is 22.5 Å². The normalized spacial score (nSPS) is 16.3.